The summed E-state index contributed by atoms with van der Waals surface area (Å²) in [5.74, 6) is -1.75. The van der Waals surface area contributed by atoms with E-state index in [0.29, 0.717) is 5.56 Å². The van der Waals surface area contributed by atoms with Crippen molar-refractivity contribution in [3.8, 4) is 0 Å². The first-order valence-corrected chi connectivity index (χ1v) is 5.24. The summed E-state index contributed by atoms with van der Waals surface area (Å²) in [7, 11) is 1.23. The van der Waals surface area contributed by atoms with Crippen LogP contribution in [0.4, 0.5) is 0 Å². The Morgan fingerprint density at radius 3 is 2.24 bits per heavy atom. The van der Waals surface area contributed by atoms with Crippen LogP contribution in [-0.4, -0.2) is 24.2 Å². The first-order chi connectivity index (χ1) is 7.79. The van der Waals surface area contributed by atoms with E-state index in [1.807, 2.05) is 20.8 Å². The van der Waals surface area contributed by atoms with Crippen molar-refractivity contribution in [3.05, 3.63) is 34.9 Å². The van der Waals surface area contributed by atoms with E-state index in [1.54, 1.807) is 12.1 Å². The Bertz CT molecular complexity index is 455. The number of carbonyl (C=O) groups is 2. The third-order valence-corrected chi connectivity index (χ3v) is 2.49. The molecule has 92 valence electrons. The van der Waals surface area contributed by atoms with Crippen LogP contribution in [0, 0.1) is 0 Å². The number of ether oxygens (including phenoxy) is 1. The Morgan fingerprint density at radius 2 is 1.82 bits per heavy atom. The van der Waals surface area contributed by atoms with Gasteiger partial charge in [-0.3, -0.25) is 0 Å². The molecule has 0 aliphatic heterocycles. The Balaban J connectivity index is 3.54. The van der Waals surface area contributed by atoms with Crippen LogP contribution < -0.4 is 0 Å². The van der Waals surface area contributed by atoms with Gasteiger partial charge in [-0.15, -0.1) is 0 Å². The molecule has 4 nitrogen and oxygen atoms in total. The number of carbonyl (C=O) groups excluding carboxylic acids is 1. The number of hydrogen-bond donors (Lipinski definition) is 1. The minimum atomic E-state index is -1.11. The molecule has 17 heavy (non-hydrogen) atoms. The number of aromatic carboxylic acids is 1. The molecule has 0 fully saturated rings. The van der Waals surface area contributed by atoms with Crippen molar-refractivity contribution in [2.24, 2.45) is 0 Å². The molecule has 0 aromatic heterocycles. The van der Waals surface area contributed by atoms with Crippen LogP contribution >= 0.6 is 0 Å². The zero-order chi connectivity index (χ0) is 13.2. The van der Waals surface area contributed by atoms with Crippen LogP contribution in [0.15, 0.2) is 18.2 Å². The molecule has 0 unspecified atom stereocenters. The van der Waals surface area contributed by atoms with Crippen molar-refractivity contribution in [1.29, 1.82) is 0 Å². The van der Waals surface area contributed by atoms with E-state index in [2.05, 4.69) is 4.74 Å². The number of hydrogen-bond acceptors (Lipinski definition) is 3. The molecule has 0 aliphatic rings. The lowest BCUT2D eigenvalue weighted by Gasteiger charge is -2.22. The normalized spacial score (nSPS) is 11.1. The van der Waals surface area contributed by atoms with Crippen molar-refractivity contribution in [2.45, 2.75) is 26.2 Å². The van der Waals surface area contributed by atoms with Gasteiger partial charge in [0, 0.05) is 0 Å². The number of carboxylic acid groups (broad SMARTS) is 1. The van der Waals surface area contributed by atoms with Crippen molar-refractivity contribution < 1.29 is 19.4 Å². The van der Waals surface area contributed by atoms with Gasteiger partial charge in [0.25, 0.3) is 0 Å². The standard InChI is InChI=1S/C13H16O4/c1-13(2,3)9-7-5-6-8(12(16)17-4)10(9)11(14)15/h5-7H,1-4H3,(H,14,15). The lowest BCUT2D eigenvalue weighted by molar-refractivity contribution is 0.0581. The molecule has 0 amide bonds. The quantitative estimate of drug-likeness (QED) is 0.801. The third kappa shape index (κ3) is 2.64. The lowest BCUT2D eigenvalue weighted by atomic mass is 9.82. The summed E-state index contributed by atoms with van der Waals surface area (Å²) < 4.78 is 4.59. The van der Waals surface area contributed by atoms with Gasteiger partial charge in [0.15, 0.2) is 0 Å². The van der Waals surface area contributed by atoms with Crippen molar-refractivity contribution in [3.63, 3.8) is 0 Å². The van der Waals surface area contributed by atoms with Crippen LogP contribution in [0.3, 0.4) is 0 Å². The Hall–Kier alpha value is -1.84. The molecule has 1 rings (SSSR count). The van der Waals surface area contributed by atoms with E-state index in [9.17, 15) is 14.7 Å². The summed E-state index contributed by atoms with van der Waals surface area (Å²) in [6.07, 6.45) is 0. The van der Waals surface area contributed by atoms with Crippen LogP contribution in [-0.2, 0) is 10.2 Å². The van der Waals surface area contributed by atoms with Crippen LogP contribution in [0.2, 0.25) is 0 Å². The topological polar surface area (TPSA) is 63.6 Å². The predicted molar refractivity (Wildman–Crippen MR) is 63.4 cm³/mol. The molecule has 1 aromatic rings. The average Bonchev–Trinajstić information content (AvgIpc) is 2.25. The maximum atomic E-state index is 11.5. The highest BCUT2D eigenvalue weighted by molar-refractivity contribution is 6.03. The Kier molecular flexibility index (Phi) is 3.56. The molecule has 4 heteroatoms. The fourth-order valence-corrected chi connectivity index (χ4v) is 1.69. The summed E-state index contributed by atoms with van der Waals surface area (Å²) in [6, 6.07) is 4.85. The first-order valence-electron chi connectivity index (χ1n) is 5.24. The molecule has 0 saturated carbocycles. The highest BCUT2D eigenvalue weighted by Gasteiger charge is 2.26. The number of rotatable bonds is 2. The van der Waals surface area contributed by atoms with E-state index in [-0.39, 0.29) is 16.5 Å². The zero-order valence-corrected chi connectivity index (χ0v) is 10.4. The lowest BCUT2D eigenvalue weighted by Crippen LogP contribution is -2.20. The van der Waals surface area contributed by atoms with Gasteiger partial charge in [0.1, 0.15) is 0 Å². The third-order valence-electron chi connectivity index (χ3n) is 2.49. The molecule has 1 aromatic carbocycles. The predicted octanol–water partition coefficient (Wildman–Crippen LogP) is 2.47. The molecular formula is C13H16O4. The fraction of sp³-hybridized carbons (Fsp3) is 0.385. The van der Waals surface area contributed by atoms with Gasteiger partial charge in [0.2, 0.25) is 0 Å². The summed E-state index contributed by atoms with van der Waals surface area (Å²) in [5, 5.41) is 9.25. The summed E-state index contributed by atoms with van der Waals surface area (Å²) in [5.41, 5.74) is 0.379. The second kappa shape index (κ2) is 4.57. The molecule has 0 saturated heterocycles. The molecule has 0 aliphatic carbocycles. The molecule has 0 atom stereocenters. The highest BCUT2D eigenvalue weighted by Crippen LogP contribution is 2.28. The molecule has 0 bridgehead atoms. The number of carboxylic acids is 1. The Morgan fingerprint density at radius 1 is 1.24 bits per heavy atom. The SMILES string of the molecule is COC(=O)c1cccc(C(C)(C)C)c1C(=O)O. The Labute approximate surface area is 100 Å². The fourth-order valence-electron chi connectivity index (χ4n) is 1.69. The highest BCUT2D eigenvalue weighted by atomic mass is 16.5. The second-order valence-electron chi connectivity index (χ2n) is 4.77. The molecular weight excluding hydrogens is 220 g/mol. The minimum Gasteiger partial charge on any atom is -0.478 e. The number of benzene rings is 1. The number of esters is 1. The summed E-state index contributed by atoms with van der Waals surface area (Å²) >= 11 is 0. The first kappa shape index (κ1) is 13.2. The van der Waals surface area contributed by atoms with E-state index < -0.39 is 11.9 Å². The molecule has 0 heterocycles. The van der Waals surface area contributed by atoms with Crippen molar-refractivity contribution in [2.75, 3.05) is 7.11 Å². The van der Waals surface area contributed by atoms with Crippen LogP contribution in [0.25, 0.3) is 0 Å². The number of methoxy groups -OCH3 is 1. The van der Waals surface area contributed by atoms with Gasteiger partial charge in [-0.1, -0.05) is 32.9 Å². The molecule has 0 spiro atoms. The molecule has 1 N–H and O–H groups in total. The maximum Gasteiger partial charge on any atom is 0.338 e. The van der Waals surface area contributed by atoms with E-state index >= 15 is 0 Å². The van der Waals surface area contributed by atoms with E-state index in [1.165, 1.54) is 13.2 Å². The monoisotopic (exact) mass is 236 g/mol. The van der Waals surface area contributed by atoms with Gasteiger partial charge in [-0.2, -0.15) is 0 Å². The maximum absolute atomic E-state index is 11.5. The van der Waals surface area contributed by atoms with Gasteiger partial charge in [-0.25, -0.2) is 9.59 Å². The minimum absolute atomic E-state index is 0.0202. The van der Waals surface area contributed by atoms with Gasteiger partial charge < -0.3 is 9.84 Å². The van der Waals surface area contributed by atoms with Gasteiger partial charge in [-0.05, 0) is 17.0 Å². The van der Waals surface area contributed by atoms with Crippen molar-refractivity contribution in [1.82, 2.24) is 0 Å². The van der Waals surface area contributed by atoms with Gasteiger partial charge in [0.05, 0.1) is 18.2 Å². The van der Waals surface area contributed by atoms with Crippen LogP contribution in [0.1, 0.15) is 47.1 Å². The summed E-state index contributed by atoms with van der Waals surface area (Å²) in [4.78, 5) is 22.8. The smallest absolute Gasteiger partial charge is 0.338 e. The average molecular weight is 236 g/mol. The van der Waals surface area contributed by atoms with Crippen molar-refractivity contribution >= 4 is 11.9 Å². The second-order valence-corrected chi connectivity index (χ2v) is 4.77. The largest absolute Gasteiger partial charge is 0.478 e. The van der Waals surface area contributed by atoms with E-state index in [0.717, 1.165) is 0 Å². The molecule has 0 radical (unpaired) electrons. The zero-order valence-electron chi connectivity index (χ0n) is 10.4. The van der Waals surface area contributed by atoms with Gasteiger partial charge >= 0.3 is 11.9 Å². The summed E-state index contributed by atoms with van der Waals surface area (Å²) in [6.45, 7) is 5.70. The van der Waals surface area contributed by atoms with Crippen LogP contribution in [0.5, 0.6) is 0 Å². The van der Waals surface area contributed by atoms with E-state index in [4.69, 9.17) is 0 Å².